The molecule has 0 aromatic carbocycles. The fourth-order valence-corrected chi connectivity index (χ4v) is 0.318. The maximum absolute atomic E-state index is 8.62. The molecule has 0 aliphatic heterocycles. The third-order valence-electron chi connectivity index (χ3n) is 0.820. The highest BCUT2D eigenvalue weighted by atomic mass is 17.4. The molecule has 0 saturated heterocycles. The summed E-state index contributed by atoms with van der Waals surface area (Å²) in [4.78, 5) is 15.0. The van der Waals surface area contributed by atoms with Crippen molar-refractivity contribution in [2.75, 3.05) is 0 Å². The molecule has 0 radical (unpaired) electrons. The van der Waals surface area contributed by atoms with Gasteiger partial charge < -0.3 is 5.11 Å². The van der Waals surface area contributed by atoms with E-state index in [2.05, 4.69) is 29.2 Å². The van der Waals surface area contributed by atoms with Crippen molar-refractivity contribution in [3.05, 3.63) is 0 Å². The first kappa shape index (κ1) is 13.5. The molecule has 0 aliphatic rings. The quantitative estimate of drug-likeness (QED) is 0.170. The molecular formula is C2H6O12. The van der Waals surface area contributed by atoms with Crippen LogP contribution in [0.15, 0.2) is 0 Å². The van der Waals surface area contributed by atoms with Gasteiger partial charge in [0.2, 0.25) is 0 Å². The largest absolute Gasteiger partial charge is 0.498 e. The molecule has 0 atom stereocenters. The van der Waals surface area contributed by atoms with Crippen molar-refractivity contribution in [3.8, 4) is 0 Å². The van der Waals surface area contributed by atoms with Crippen molar-refractivity contribution in [1.82, 2.24) is 0 Å². The lowest BCUT2D eigenvalue weighted by molar-refractivity contribution is -0.753. The Morgan fingerprint density at radius 2 is 1.00 bits per heavy atom. The van der Waals surface area contributed by atoms with Crippen molar-refractivity contribution in [1.29, 1.82) is 0 Å². The Morgan fingerprint density at radius 1 is 0.643 bits per heavy atom. The molecule has 0 aromatic heterocycles. The van der Waals surface area contributed by atoms with Crippen LogP contribution in [0.3, 0.4) is 0 Å². The third kappa shape index (κ3) is 3.03. The van der Waals surface area contributed by atoms with E-state index < -0.39 is 12.3 Å². The molecule has 12 nitrogen and oxygen atoms in total. The van der Waals surface area contributed by atoms with Crippen LogP contribution in [0.2, 0.25) is 0 Å². The highest BCUT2D eigenvalue weighted by molar-refractivity contribution is 4.34. The van der Waals surface area contributed by atoms with Crippen LogP contribution in [0.4, 0.5) is 0 Å². The Bertz CT molecular complexity index is 138. The molecule has 86 valence electrons. The first-order valence-electron chi connectivity index (χ1n) is 2.57. The third-order valence-corrected chi connectivity index (χ3v) is 0.820. The number of rotatable bonds is 7. The minimum absolute atomic E-state index is 2.94. The topological polar surface area (TPSA) is 177 Å². The molecule has 0 unspecified atom stereocenters. The van der Waals surface area contributed by atoms with E-state index in [4.69, 9.17) is 31.4 Å². The van der Waals surface area contributed by atoms with Crippen LogP contribution < -0.4 is 0 Å². The molecule has 0 aromatic rings. The molecular weight excluding hydrogens is 216 g/mol. The van der Waals surface area contributed by atoms with Crippen molar-refractivity contribution in [3.63, 3.8) is 0 Å². The second kappa shape index (κ2) is 5.41. The summed E-state index contributed by atoms with van der Waals surface area (Å²) in [5.74, 6) is 0. The Hall–Kier alpha value is -0.480. The maximum Gasteiger partial charge on any atom is 0.498 e. The second-order valence-corrected chi connectivity index (χ2v) is 1.58. The summed E-state index contributed by atoms with van der Waals surface area (Å²) in [7, 11) is 0. The average molecular weight is 222 g/mol. The summed E-state index contributed by atoms with van der Waals surface area (Å²) in [6.45, 7) is 0. The molecule has 14 heavy (non-hydrogen) atoms. The molecule has 0 rings (SSSR count). The van der Waals surface area contributed by atoms with Crippen LogP contribution in [0, 0.1) is 0 Å². The van der Waals surface area contributed by atoms with E-state index in [-0.39, 0.29) is 0 Å². The van der Waals surface area contributed by atoms with Crippen molar-refractivity contribution >= 4 is 0 Å². The van der Waals surface area contributed by atoms with E-state index >= 15 is 0 Å². The van der Waals surface area contributed by atoms with Crippen molar-refractivity contribution < 1.29 is 60.6 Å². The molecule has 0 bridgehead atoms. The van der Waals surface area contributed by atoms with E-state index in [0.29, 0.717) is 0 Å². The van der Waals surface area contributed by atoms with E-state index in [1.54, 1.807) is 0 Å². The zero-order valence-corrected chi connectivity index (χ0v) is 6.13. The Kier molecular flexibility index (Phi) is 5.23. The van der Waals surface area contributed by atoms with Gasteiger partial charge in [-0.3, -0.25) is 0 Å². The van der Waals surface area contributed by atoms with E-state index in [1.165, 1.54) is 0 Å². The molecule has 0 heterocycles. The number of aliphatic hydroxyl groups is 1. The van der Waals surface area contributed by atoms with Crippen molar-refractivity contribution in [2.24, 2.45) is 0 Å². The first-order chi connectivity index (χ1) is 6.51. The van der Waals surface area contributed by atoms with Gasteiger partial charge >= 0.3 is 12.3 Å². The molecule has 12 heteroatoms. The fourth-order valence-electron chi connectivity index (χ4n) is 0.318. The summed E-state index contributed by atoms with van der Waals surface area (Å²) < 4.78 is 3.57. The van der Waals surface area contributed by atoms with Gasteiger partial charge in [0.1, 0.15) is 0 Å². The van der Waals surface area contributed by atoms with E-state index in [9.17, 15) is 0 Å². The van der Waals surface area contributed by atoms with Gasteiger partial charge in [0.15, 0.2) is 0 Å². The lowest BCUT2D eigenvalue weighted by Crippen LogP contribution is -2.51. The summed E-state index contributed by atoms with van der Waals surface area (Å²) in [5, 5.41) is 48.2. The smallest absolute Gasteiger partial charge is 0.315 e. The zero-order valence-electron chi connectivity index (χ0n) is 6.13. The van der Waals surface area contributed by atoms with Gasteiger partial charge in [-0.05, 0) is 0 Å². The second-order valence-electron chi connectivity index (χ2n) is 1.58. The Morgan fingerprint density at radius 3 is 1.21 bits per heavy atom. The molecule has 0 fully saturated rings. The van der Waals surface area contributed by atoms with Crippen LogP contribution >= 0.6 is 0 Å². The molecule has 0 aliphatic carbocycles. The normalized spacial score (nSPS) is 13.3. The summed E-state index contributed by atoms with van der Waals surface area (Å²) in [5.41, 5.74) is 0. The summed E-state index contributed by atoms with van der Waals surface area (Å²) in [6, 6.07) is 0. The van der Waals surface area contributed by atoms with Gasteiger partial charge in [-0.1, -0.05) is 0 Å². The van der Waals surface area contributed by atoms with Crippen LogP contribution in [0.25, 0.3) is 0 Å². The van der Waals surface area contributed by atoms with Gasteiger partial charge in [-0.25, -0.2) is 31.0 Å². The van der Waals surface area contributed by atoms with Gasteiger partial charge in [0, 0.05) is 0 Å². The van der Waals surface area contributed by atoms with Crippen LogP contribution in [-0.4, -0.2) is 43.7 Å². The SMILES string of the molecule is OOC(O)(OO)OC(OO)(OO)OO. The molecule has 0 spiro atoms. The monoisotopic (exact) mass is 222 g/mol. The maximum atomic E-state index is 8.62. The average Bonchev–Trinajstić information content (AvgIpc) is 2.26. The number of hydrogen-bond donors (Lipinski definition) is 6. The van der Waals surface area contributed by atoms with Crippen LogP contribution in [-0.2, 0) is 29.2 Å². The van der Waals surface area contributed by atoms with Crippen LogP contribution in [0.5, 0.6) is 0 Å². The number of hydrogen-bond acceptors (Lipinski definition) is 12. The van der Waals surface area contributed by atoms with Gasteiger partial charge in [-0.2, -0.15) is 0 Å². The van der Waals surface area contributed by atoms with E-state index in [0.717, 1.165) is 0 Å². The first-order valence-corrected chi connectivity index (χ1v) is 2.57. The standard InChI is InChI=1S/C2H6O12/c3-1(10-4,11-5)9-2(12-6,13-7)14-8/h3-8H. The molecule has 0 amide bonds. The minimum Gasteiger partial charge on any atom is -0.315 e. The zero-order chi connectivity index (χ0) is 11.2. The molecule has 6 N–H and O–H groups in total. The minimum atomic E-state index is -3.67. The van der Waals surface area contributed by atoms with Gasteiger partial charge in [0.05, 0.1) is 0 Å². The van der Waals surface area contributed by atoms with E-state index in [1.807, 2.05) is 0 Å². The Labute approximate surface area is 74.2 Å². The van der Waals surface area contributed by atoms with Crippen molar-refractivity contribution in [2.45, 2.75) is 12.3 Å². The van der Waals surface area contributed by atoms with Crippen LogP contribution in [0.1, 0.15) is 0 Å². The van der Waals surface area contributed by atoms with Gasteiger partial charge in [0.25, 0.3) is 0 Å². The summed E-state index contributed by atoms with van der Waals surface area (Å²) >= 11 is 0. The highest BCUT2D eigenvalue weighted by Gasteiger charge is 2.51. The number of ether oxygens (including phenoxy) is 1. The predicted octanol–water partition coefficient (Wildman–Crippen LogP) is -1.33. The lowest BCUT2D eigenvalue weighted by Gasteiger charge is -2.27. The highest BCUT2D eigenvalue weighted by Crippen LogP contribution is 2.22. The fraction of sp³-hybridized carbons (Fsp3) is 1.00. The Balaban J connectivity index is 4.56. The van der Waals surface area contributed by atoms with Gasteiger partial charge in [-0.15, -0.1) is 24.4 Å². The predicted molar refractivity (Wildman–Crippen MR) is 27.3 cm³/mol. The molecule has 0 saturated carbocycles. The summed E-state index contributed by atoms with van der Waals surface area (Å²) in [6.07, 6.45) is -7.21. The lowest BCUT2D eigenvalue weighted by atomic mass is 11.0.